The minimum atomic E-state index is -0.347. The van der Waals surface area contributed by atoms with Gasteiger partial charge in [-0.15, -0.1) is 0 Å². The molecule has 0 radical (unpaired) electrons. The molecule has 4 heteroatoms. The van der Waals surface area contributed by atoms with Gasteiger partial charge in [0.25, 0.3) is 0 Å². The van der Waals surface area contributed by atoms with Crippen LogP contribution in [0, 0.1) is 18.6 Å². The molecule has 0 unspecified atom stereocenters. The average Bonchev–Trinajstić information content (AvgIpc) is 2.42. The van der Waals surface area contributed by atoms with Crippen molar-refractivity contribution in [2.24, 2.45) is 0 Å². The molecule has 0 atom stereocenters. The highest BCUT2D eigenvalue weighted by molar-refractivity contribution is 5.56. The van der Waals surface area contributed by atoms with Crippen molar-refractivity contribution >= 4 is 5.69 Å². The molecule has 0 bridgehead atoms. The topological polar surface area (TPSA) is 21.3 Å². The Morgan fingerprint density at radius 1 is 1.10 bits per heavy atom. The lowest BCUT2D eigenvalue weighted by molar-refractivity contribution is 0.340. The second-order valence-electron chi connectivity index (χ2n) is 4.51. The van der Waals surface area contributed by atoms with E-state index in [0.29, 0.717) is 30.2 Å². The van der Waals surface area contributed by atoms with Crippen LogP contribution >= 0.6 is 0 Å². The van der Waals surface area contributed by atoms with Gasteiger partial charge < -0.3 is 10.1 Å². The first-order valence-electron chi connectivity index (χ1n) is 6.51. The first kappa shape index (κ1) is 14.3. The zero-order valence-electron chi connectivity index (χ0n) is 11.5. The maximum absolute atomic E-state index is 13.5. The minimum Gasteiger partial charge on any atom is -0.492 e. The van der Waals surface area contributed by atoms with Crippen molar-refractivity contribution in [1.29, 1.82) is 0 Å². The molecule has 1 N–H and O–H groups in total. The predicted octanol–water partition coefficient (Wildman–Crippen LogP) is 4.28. The van der Waals surface area contributed by atoms with Crippen molar-refractivity contribution in [3.8, 4) is 5.75 Å². The van der Waals surface area contributed by atoms with Crippen LogP contribution in [0.25, 0.3) is 0 Å². The van der Waals surface area contributed by atoms with E-state index >= 15 is 0 Å². The highest BCUT2D eigenvalue weighted by Gasteiger charge is 2.06. The van der Waals surface area contributed by atoms with Crippen LogP contribution in [0.15, 0.2) is 36.4 Å². The summed E-state index contributed by atoms with van der Waals surface area (Å²) >= 11 is 0. The third-order valence-corrected chi connectivity index (χ3v) is 2.96. The van der Waals surface area contributed by atoms with Crippen LogP contribution in [0.3, 0.4) is 0 Å². The lowest BCUT2D eigenvalue weighted by atomic mass is 10.1. The summed E-state index contributed by atoms with van der Waals surface area (Å²) in [5, 5.41) is 3.13. The Morgan fingerprint density at radius 2 is 1.90 bits per heavy atom. The molecule has 0 amide bonds. The average molecular weight is 277 g/mol. The van der Waals surface area contributed by atoms with E-state index in [1.807, 2.05) is 13.0 Å². The molecular weight excluding hydrogens is 260 g/mol. The van der Waals surface area contributed by atoms with Crippen molar-refractivity contribution in [3.63, 3.8) is 0 Å². The Morgan fingerprint density at radius 3 is 2.60 bits per heavy atom. The van der Waals surface area contributed by atoms with E-state index in [1.54, 1.807) is 19.1 Å². The van der Waals surface area contributed by atoms with Crippen molar-refractivity contribution in [2.45, 2.75) is 20.4 Å². The van der Waals surface area contributed by atoms with Crippen LogP contribution in [0.1, 0.15) is 18.1 Å². The SMILES string of the molecule is CCOc1cc(F)ccc1NCc1ccc(C)c(F)c1. The van der Waals surface area contributed by atoms with Crippen molar-refractivity contribution in [1.82, 2.24) is 0 Å². The first-order valence-corrected chi connectivity index (χ1v) is 6.51. The fraction of sp³-hybridized carbons (Fsp3) is 0.250. The zero-order chi connectivity index (χ0) is 14.5. The molecule has 2 nitrogen and oxygen atoms in total. The van der Waals surface area contributed by atoms with Gasteiger partial charge in [0.05, 0.1) is 12.3 Å². The quantitative estimate of drug-likeness (QED) is 0.880. The number of halogens is 2. The molecular formula is C16H17F2NO. The van der Waals surface area contributed by atoms with Crippen LogP contribution in [-0.2, 0) is 6.54 Å². The van der Waals surface area contributed by atoms with Crippen LogP contribution in [0.2, 0.25) is 0 Å². The van der Waals surface area contributed by atoms with Crippen LogP contribution in [0.5, 0.6) is 5.75 Å². The number of benzene rings is 2. The molecule has 0 aliphatic carbocycles. The number of ether oxygens (including phenoxy) is 1. The highest BCUT2D eigenvalue weighted by atomic mass is 19.1. The van der Waals surface area contributed by atoms with Crippen LogP contribution in [0.4, 0.5) is 14.5 Å². The van der Waals surface area contributed by atoms with Crippen molar-refractivity contribution in [3.05, 3.63) is 59.2 Å². The Labute approximate surface area is 117 Å². The number of nitrogens with one attached hydrogen (secondary N) is 1. The van der Waals surface area contributed by atoms with Crippen molar-refractivity contribution in [2.75, 3.05) is 11.9 Å². The number of hydrogen-bond donors (Lipinski definition) is 1. The highest BCUT2D eigenvalue weighted by Crippen LogP contribution is 2.26. The Balaban J connectivity index is 2.11. The van der Waals surface area contributed by atoms with E-state index in [9.17, 15) is 8.78 Å². The second kappa shape index (κ2) is 6.37. The number of hydrogen-bond acceptors (Lipinski definition) is 2. The third kappa shape index (κ3) is 3.47. The van der Waals surface area contributed by atoms with Crippen molar-refractivity contribution < 1.29 is 13.5 Å². The molecule has 0 aliphatic heterocycles. The van der Waals surface area contributed by atoms with Crippen LogP contribution in [-0.4, -0.2) is 6.61 Å². The summed E-state index contributed by atoms with van der Waals surface area (Å²) in [6, 6.07) is 9.40. The van der Waals surface area contributed by atoms with E-state index in [0.717, 1.165) is 5.56 Å². The molecule has 0 saturated carbocycles. The largest absolute Gasteiger partial charge is 0.492 e. The summed E-state index contributed by atoms with van der Waals surface area (Å²) in [6.07, 6.45) is 0. The van der Waals surface area contributed by atoms with Gasteiger partial charge in [-0.2, -0.15) is 0 Å². The smallest absolute Gasteiger partial charge is 0.145 e. The van der Waals surface area contributed by atoms with Crippen LogP contribution < -0.4 is 10.1 Å². The lowest BCUT2D eigenvalue weighted by Gasteiger charge is -2.12. The Bertz CT molecular complexity index is 599. The summed E-state index contributed by atoms with van der Waals surface area (Å²) in [7, 11) is 0. The maximum atomic E-state index is 13.5. The second-order valence-corrected chi connectivity index (χ2v) is 4.51. The van der Waals surface area contributed by atoms with Gasteiger partial charge in [0.15, 0.2) is 0 Å². The summed E-state index contributed by atoms with van der Waals surface area (Å²) in [4.78, 5) is 0. The van der Waals surface area contributed by atoms with Gasteiger partial charge in [0.1, 0.15) is 17.4 Å². The molecule has 0 aromatic heterocycles. The van der Waals surface area contributed by atoms with Gasteiger partial charge in [-0.1, -0.05) is 12.1 Å². The van der Waals surface area contributed by atoms with E-state index < -0.39 is 0 Å². The summed E-state index contributed by atoms with van der Waals surface area (Å²) in [6.45, 7) is 4.46. The zero-order valence-corrected chi connectivity index (χ0v) is 11.5. The van der Waals surface area contributed by atoms with Gasteiger partial charge >= 0.3 is 0 Å². The van der Waals surface area contributed by atoms with E-state index in [1.165, 1.54) is 18.2 Å². The number of rotatable bonds is 5. The first-order chi connectivity index (χ1) is 9.60. The van der Waals surface area contributed by atoms with E-state index in [-0.39, 0.29) is 11.6 Å². The summed E-state index contributed by atoms with van der Waals surface area (Å²) < 4.78 is 32.0. The molecule has 2 rings (SSSR count). The van der Waals surface area contributed by atoms with E-state index in [4.69, 9.17) is 4.74 Å². The molecule has 2 aromatic carbocycles. The molecule has 20 heavy (non-hydrogen) atoms. The van der Waals surface area contributed by atoms with Gasteiger partial charge in [-0.25, -0.2) is 8.78 Å². The summed E-state index contributed by atoms with van der Waals surface area (Å²) in [5.74, 6) is -0.117. The molecule has 0 saturated heterocycles. The molecule has 0 aliphatic rings. The fourth-order valence-electron chi connectivity index (χ4n) is 1.86. The van der Waals surface area contributed by atoms with Gasteiger partial charge in [0.2, 0.25) is 0 Å². The molecule has 106 valence electrons. The van der Waals surface area contributed by atoms with Gasteiger partial charge in [0, 0.05) is 12.6 Å². The maximum Gasteiger partial charge on any atom is 0.145 e. The molecule has 0 spiro atoms. The third-order valence-electron chi connectivity index (χ3n) is 2.96. The Hall–Kier alpha value is -2.10. The molecule has 2 aromatic rings. The minimum absolute atomic E-state index is 0.228. The summed E-state index contributed by atoms with van der Waals surface area (Å²) in [5.41, 5.74) is 2.12. The normalized spacial score (nSPS) is 10.4. The standard InChI is InChI=1S/C16H17F2NO/c1-3-20-16-9-13(17)6-7-15(16)19-10-12-5-4-11(2)14(18)8-12/h4-9,19H,3,10H2,1-2H3. The predicted molar refractivity (Wildman–Crippen MR) is 76.0 cm³/mol. The fourth-order valence-corrected chi connectivity index (χ4v) is 1.86. The Kier molecular flexibility index (Phi) is 4.56. The number of aryl methyl sites for hydroxylation is 1. The molecule has 0 fully saturated rings. The molecule has 0 heterocycles. The number of anilines is 1. The van der Waals surface area contributed by atoms with Gasteiger partial charge in [-0.3, -0.25) is 0 Å². The monoisotopic (exact) mass is 277 g/mol. The van der Waals surface area contributed by atoms with Gasteiger partial charge in [-0.05, 0) is 43.2 Å². The lowest BCUT2D eigenvalue weighted by Crippen LogP contribution is -2.03. The van der Waals surface area contributed by atoms with E-state index in [2.05, 4.69) is 5.32 Å².